The fourth-order valence-corrected chi connectivity index (χ4v) is 3.97. The molecule has 0 unspecified atom stereocenters. The van der Waals surface area contributed by atoms with Crippen LogP contribution >= 0.6 is 11.3 Å². The lowest BCUT2D eigenvalue weighted by Gasteiger charge is -1.91. The molecule has 6 aromatic rings. The Labute approximate surface area is 150 Å². The minimum atomic E-state index is 0.606. The number of rotatable bonds is 2. The van der Waals surface area contributed by atoms with E-state index in [1.165, 1.54) is 11.3 Å². The first-order valence-corrected chi connectivity index (χ1v) is 8.96. The fourth-order valence-electron chi connectivity index (χ4n) is 3.16. The van der Waals surface area contributed by atoms with E-state index in [4.69, 9.17) is 9.52 Å². The van der Waals surface area contributed by atoms with Gasteiger partial charge in [0.25, 0.3) is 0 Å². The molecule has 0 saturated heterocycles. The number of fused-ring (bicyclic) bond motifs is 3. The maximum absolute atomic E-state index is 5.92. The van der Waals surface area contributed by atoms with Crippen molar-refractivity contribution < 1.29 is 4.42 Å². The van der Waals surface area contributed by atoms with Gasteiger partial charge in [-0.3, -0.25) is 0 Å². The van der Waals surface area contributed by atoms with Crippen molar-refractivity contribution in [3.05, 3.63) is 60.7 Å². The van der Waals surface area contributed by atoms with Crippen LogP contribution in [-0.4, -0.2) is 24.8 Å². The molecule has 0 aliphatic heterocycles. The summed E-state index contributed by atoms with van der Waals surface area (Å²) in [6.45, 7) is 0. The van der Waals surface area contributed by atoms with Crippen molar-refractivity contribution >= 4 is 38.2 Å². The van der Waals surface area contributed by atoms with Crippen LogP contribution in [0.5, 0.6) is 0 Å². The molecule has 0 fully saturated rings. The highest BCUT2D eigenvalue weighted by molar-refractivity contribution is 7.19. The van der Waals surface area contributed by atoms with Gasteiger partial charge in [0.15, 0.2) is 10.8 Å². The molecule has 4 heterocycles. The zero-order chi connectivity index (χ0) is 17.1. The number of hydrogen-bond acceptors (Lipinski definition) is 5. The van der Waals surface area contributed by atoms with Gasteiger partial charge in [-0.2, -0.15) is 9.61 Å². The van der Waals surface area contributed by atoms with E-state index < -0.39 is 0 Å². The molecular weight excluding hydrogens is 346 g/mol. The van der Waals surface area contributed by atoms with Crippen LogP contribution in [0.15, 0.2) is 65.1 Å². The number of nitrogens with one attached hydrogen (secondary N) is 1. The summed E-state index contributed by atoms with van der Waals surface area (Å²) in [5.41, 5.74) is 2.88. The van der Waals surface area contributed by atoms with Gasteiger partial charge in [-0.1, -0.05) is 47.7 Å². The maximum Gasteiger partial charge on any atom is 0.235 e. The van der Waals surface area contributed by atoms with Crippen molar-refractivity contribution in [3.63, 3.8) is 0 Å². The molecule has 26 heavy (non-hydrogen) atoms. The van der Waals surface area contributed by atoms with Gasteiger partial charge < -0.3 is 9.40 Å². The molecule has 6 nitrogen and oxygen atoms in total. The Bertz CT molecular complexity index is 1340. The summed E-state index contributed by atoms with van der Waals surface area (Å²) in [7, 11) is 0. The normalized spacial score (nSPS) is 11.8. The lowest BCUT2D eigenvalue weighted by atomic mass is 10.2. The second kappa shape index (κ2) is 5.03. The van der Waals surface area contributed by atoms with Crippen molar-refractivity contribution in [1.82, 2.24) is 24.8 Å². The minimum absolute atomic E-state index is 0.606. The van der Waals surface area contributed by atoms with E-state index in [1.807, 2.05) is 42.5 Å². The van der Waals surface area contributed by atoms with Crippen LogP contribution in [0.2, 0.25) is 0 Å². The quantitative estimate of drug-likeness (QED) is 0.485. The molecule has 0 spiro atoms. The van der Waals surface area contributed by atoms with Crippen molar-refractivity contribution in [1.29, 1.82) is 0 Å². The van der Waals surface area contributed by atoms with Crippen molar-refractivity contribution in [2.75, 3.05) is 0 Å². The topological polar surface area (TPSA) is 72.0 Å². The SMILES string of the molecule is c1ccc2[nH]c(-c3nn4c(-c5cc6ccccc6o5)nnc4s3)cc2c1. The second-order valence-corrected chi connectivity index (χ2v) is 7.00. The summed E-state index contributed by atoms with van der Waals surface area (Å²) in [5.74, 6) is 1.27. The Morgan fingerprint density at radius 1 is 0.923 bits per heavy atom. The van der Waals surface area contributed by atoms with Crippen molar-refractivity contribution in [2.45, 2.75) is 0 Å². The van der Waals surface area contributed by atoms with E-state index in [9.17, 15) is 0 Å². The average molecular weight is 357 g/mol. The summed E-state index contributed by atoms with van der Waals surface area (Å²) in [5, 5.41) is 16.3. The van der Waals surface area contributed by atoms with Crippen LogP contribution in [0, 0.1) is 0 Å². The maximum atomic E-state index is 5.92. The number of hydrogen-bond donors (Lipinski definition) is 1. The smallest absolute Gasteiger partial charge is 0.235 e. The third-order valence-electron chi connectivity index (χ3n) is 4.40. The minimum Gasteiger partial charge on any atom is -0.453 e. The van der Waals surface area contributed by atoms with E-state index >= 15 is 0 Å². The highest BCUT2D eigenvalue weighted by Gasteiger charge is 2.18. The Morgan fingerprint density at radius 2 is 1.77 bits per heavy atom. The van der Waals surface area contributed by atoms with E-state index in [-0.39, 0.29) is 0 Å². The first-order valence-electron chi connectivity index (χ1n) is 8.14. The molecule has 0 radical (unpaired) electrons. The van der Waals surface area contributed by atoms with Crippen LogP contribution in [0.1, 0.15) is 0 Å². The molecule has 0 atom stereocenters. The molecule has 0 bridgehead atoms. The lowest BCUT2D eigenvalue weighted by Crippen LogP contribution is -1.89. The zero-order valence-electron chi connectivity index (χ0n) is 13.4. The lowest BCUT2D eigenvalue weighted by molar-refractivity contribution is 0.622. The summed E-state index contributed by atoms with van der Waals surface area (Å²) in [4.78, 5) is 4.14. The van der Waals surface area contributed by atoms with E-state index in [2.05, 4.69) is 33.4 Å². The van der Waals surface area contributed by atoms with Gasteiger partial charge in [-0.15, -0.1) is 10.2 Å². The van der Waals surface area contributed by atoms with E-state index in [1.54, 1.807) is 4.52 Å². The standard InChI is InChI=1S/C19H11N5OS/c1-3-7-13-11(5-1)9-14(20-13)18-23-24-17(21-22-19(24)26-18)16-10-12-6-2-4-8-15(12)25-16/h1-10,20H. The molecule has 1 N–H and O–H groups in total. The number of furan rings is 1. The molecule has 0 saturated carbocycles. The van der Waals surface area contributed by atoms with E-state index in [0.29, 0.717) is 11.6 Å². The third kappa shape index (κ3) is 1.94. The summed E-state index contributed by atoms with van der Waals surface area (Å²) in [6.07, 6.45) is 0. The molecule has 124 valence electrons. The van der Waals surface area contributed by atoms with Gasteiger partial charge in [0.05, 0.1) is 5.69 Å². The van der Waals surface area contributed by atoms with Crippen LogP contribution < -0.4 is 0 Å². The van der Waals surface area contributed by atoms with Crippen molar-refractivity contribution in [3.8, 4) is 22.3 Å². The number of nitrogens with zero attached hydrogens (tertiary/aromatic N) is 4. The number of aromatic nitrogens is 5. The largest absolute Gasteiger partial charge is 0.453 e. The first-order chi connectivity index (χ1) is 12.8. The molecular formula is C19H11N5OS. The van der Waals surface area contributed by atoms with Gasteiger partial charge in [0, 0.05) is 16.3 Å². The highest BCUT2D eigenvalue weighted by atomic mass is 32.1. The molecule has 0 aliphatic rings. The monoisotopic (exact) mass is 357 g/mol. The van der Waals surface area contributed by atoms with E-state index in [0.717, 1.165) is 37.5 Å². The third-order valence-corrected chi connectivity index (χ3v) is 5.33. The molecule has 0 amide bonds. The van der Waals surface area contributed by atoms with Gasteiger partial charge >= 0.3 is 0 Å². The highest BCUT2D eigenvalue weighted by Crippen LogP contribution is 2.31. The number of H-pyrrole nitrogens is 1. The Balaban J connectivity index is 1.51. The van der Waals surface area contributed by atoms with Gasteiger partial charge in [0.2, 0.25) is 10.8 Å². The first kappa shape index (κ1) is 13.8. The van der Waals surface area contributed by atoms with Crippen LogP contribution in [0.4, 0.5) is 0 Å². The summed E-state index contributed by atoms with van der Waals surface area (Å²) >= 11 is 1.49. The van der Waals surface area contributed by atoms with Crippen LogP contribution in [-0.2, 0) is 0 Å². The summed E-state index contributed by atoms with van der Waals surface area (Å²) < 4.78 is 7.66. The van der Waals surface area contributed by atoms with Gasteiger partial charge in [-0.25, -0.2) is 0 Å². The zero-order valence-corrected chi connectivity index (χ0v) is 14.2. The predicted octanol–water partition coefficient (Wildman–Crippen LogP) is 4.75. The molecule has 2 aromatic carbocycles. The Hall–Kier alpha value is -3.45. The summed E-state index contributed by atoms with van der Waals surface area (Å²) in [6, 6.07) is 20.1. The van der Waals surface area contributed by atoms with Crippen molar-refractivity contribution in [2.24, 2.45) is 0 Å². The molecule has 0 aliphatic carbocycles. The number of benzene rings is 2. The molecule has 4 aromatic heterocycles. The number of para-hydroxylation sites is 2. The Kier molecular flexibility index (Phi) is 2.67. The molecule has 6 rings (SSSR count). The predicted molar refractivity (Wildman–Crippen MR) is 101 cm³/mol. The number of aromatic amines is 1. The van der Waals surface area contributed by atoms with Gasteiger partial charge in [-0.05, 0) is 24.3 Å². The van der Waals surface area contributed by atoms with Crippen LogP contribution in [0.25, 0.3) is 49.1 Å². The fraction of sp³-hybridized carbons (Fsp3) is 0. The van der Waals surface area contributed by atoms with Gasteiger partial charge in [0.1, 0.15) is 5.58 Å². The van der Waals surface area contributed by atoms with Crippen LogP contribution in [0.3, 0.4) is 0 Å². The average Bonchev–Trinajstić information content (AvgIpc) is 3.41. The Morgan fingerprint density at radius 3 is 2.65 bits per heavy atom. The molecule has 7 heteroatoms. The second-order valence-electron chi connectivity index (χ2n) is 6.04.